The van der Waals surface area contributed by atoms with Gasteiger partial charge in [-0.1, -0.05) is 51.1 Å². The van der Waals surface area contributed by atoms with Crippen LogP contribution in [0, 0.1) is 11.8 Å². The highest BCUT2D eigenvalue weighted by Crippen LogP contribution is 2.28. The minimum absolute atomic E-state index is 0.0175. The van der Waals surface area contributed by atoms with Crippen LogP contribution in [0.15, 0.2) is 36.5 Å². The minimum Gasteiger partial charge on any atom is -0.323 e. The number of likely N-dealkylation sites (tertiary alicyclic amines) is 1. The second-order valence-corrected chi connectivity index (χ2v) is 7.51. The third-order valence-corrected chi connectivity index (χ3v) is 4.94. The number of benzene rings is 1. The van der Waals surface area contributed by atoms with E-state index in [0.29, 0.717) is 5.92 Å². The van der Waals surface area contributed by atoms with Crippen LogP contribution < -0.4 is 5.32 Å². The zero-order valence-electron chi connectivity index (χ0n) is 15.6. The Morgan fingerprint density at radius 2 is 2.00 bits per heavy atom. The van der Waals surface area contributed by atoms with Crippen LogP contribution in [-0.4, -0.2) is 33.7 Å². The quantitative estimate of drug-likeness (QED) is 0.909. The van der Waals surface area contributed by atoms with Gasteiger partial charge in [0.1, 0.15) is 0 Å². The molecule has 5 heteroatoms. The molecule has 1 amide bonds. The fourth-order valence-corrected chi connectivity index (χ4v) is 3.63. The van der Waals surface area contributed by atoms with E-state index in [4.69, 9.17) is 0 Å². The Morgan fingerprint density at radius 1 is 1.28 bits per heavy atom. The Bertz CT molecular complexity index is 723. The summed E-state index contributed by atoms with van der Waals surface area (Å²) in [5.74, 6) is 0.761. The molecule has 0 aliphatic carbocycles. The lowest BCUT2D eigenvalue weighted by Crippen LogP contribution is -2.29. The molecule has 0 radical (unpaired) electrons. The number of aryl methyl sites for hydroxylation is 1. The van der Waals surface area contributed by atoms with E-state index in [-0.39, 0.29) is 17.7 Å². The lowest BCUT2D eigenvalue weighted by molar-refractivity contribution is -0.120. The molecule has 1 aromatic heterocycles. The molecule has 0 saturated carbocycles. The summed E-state index contributed by atoms with van der Waals surface area (Å²) < 4.78 is 1.77. The maximum atomic E-state index is 12.8. The van der Waals surface area contributed by atoms with Gasteiger partial charge in [-0.25, -0.2) is 0 Å². The first-order chi connectivity index (χ1) is 11.9. The molecule has 0 unspecified atom stereocenters. The number of rotatable bonds is 5. The summed E-state index contributed by atoms with van der Waals surface area (Å²) in [6.45, 7) is 9.02. The monoisotopic (exact) mass is 340 g/mol. The molecule has 0 spiro atoms. The van der Waals surface area contributed by atoms with Gasteiger partial charge in [-0.2, -0.15) is 5.10 Å². The molecule has 5 nitrogen and oxygen atoms in total. The highest BCUT2D eigenvalue weighted by molar-refractivity contribution is 5.93. The van der Waals surface area contributed by atoms with Gasteiger partial charge in [0.2, 0.25) is 5.91 Å². The van der Waals surface area contributed by atoms with Crippen LogP contribution in [0.3, 0.4) is 0 Å². The summed E-state index contributed by atoms with van der Waals surface area (Å²) >= 11 is 0. The van der Waals surface area contributed by atoms with E-state index in [9.17, 15) is 4.79 Å². The van der Waals surface area contributed by atoms with Gasteiger partial charge in [-0.05, 0) is 17.4 Å². The molecule has 2 atom stereocenters. The van der Waals surface area contributed by atoms with Gasteiger partial charge >= 0.3 is 0 Å². The Balaban J connectivity index is 1.65. The molecule has 134 valence electrons. The van der Waals surface area contributed by atoms with Crippen LogP contribution in [0.4, 0.5) is 5.69 Å². The highest BCUT2D eigenvalue weighted by atomic mass is 16.2. The van der Waals surface area contributed by atoms with E-state index in [1.165, 1.54) is 5.56 Å². The van der Waals surface area contributed by atoms with Crippen molar-refractivity contribution in [3.63, 3.8) is 0 Å². The average Bonchev–Trinajstić information content (AvgIpc) is 3.11. The van der Waals surface area contributed by atoms with E-state index in [1.54, 1.807) is 4.68 Å². The molecular weight excluding hydrogens is 312 g/mol. The van der Waals surface area contributed by atoms with E-state index in [1.807, 2.05) is 19.3 Å². The number of amides is 1. The van der Waals surface area contributed by atoms with Crippen molar-refractivity contribution in [2.75, 3.05) is 18.4 Å². The van der Waals surface area contributed by atoms with E-state index >= 15 is 0 Å². The zero-order chi connectivity index (χ0) is 18.0. The first kappa shape index (κ1) is 17.7. The molecule has 1 aliphatic rings. The van der Waals surface area contributed by atoms with Crippen molar-refractivity contribution in [1.82, 2.24) is 14.7 Å². The van der Waals surface area contributed by atoms with Crippen molar-refractivity contribution in [3.05, 3.63) is 47.8 Å². The largest absolute Gasteiger partial charge is 0.323 e. The molecule has 1 N–H and O–H groups in total. The highest BCUT2D eigenvalue weighted by Gasteiger charge is 2.35. The average molecular weight is 340 g/mol. The van der Waals surface area contributed by atoms with Gasteiger partial charge in [0, 0.05) is 32.9 Å². The number of hydrogen-bond donors (Lipinski definition) is 1. The lowest BCUT2D eigenvalue weighted by Gasteiger charge is -2.16. The smallest absolute Gasteiger partial charge is 0.229 e. The van der Waals surface area contributed by atoms with Gasteiger partial charge in [0.25, 0.3) is 0 Å². The van der Waals surface area contributed by atoms with Gasteiger partial charge < -0.3 is 5.32 Å². The van der Waals surface area contributed by atoms with Crippen molar-refractivity contribution >= 4 is 11.6 Å². The third-order valence-electron chi connectivity index (χ3n) is 4.94. The summed E-state index contributed by atoms with van der Waals surface area (Å²) in [5, 5.41) is 7.59. The maximum Gasteiger partial charge on any atom is 0.229 e. The minimum atomic E-state index is 0.0175. The summed E-state index contributed by atoms with van der Waals surface area (Å²) in [6.07, 6.45) is 1.90. The number of nitrogens with one attached hydrogen (secondary N) is 1. The van der Waals surface area contributed by atoms with E-state index in [0.717, 1.165) is 31.0 Å². The molecule has 2 heterocycles. The van der Waals surface area contributed by atoms with Crippen LogP contribution in [0.1, 0.15) is 37.9 Å². The van der Waals surface area contributed by atoms with Crippen LogP contribution >= 0.6 is 0 Å². The summed E-state index contributed by atoms with van der Waals surface area (Å²) in [6, 6.07) is 10.4. The maximum absolute atomic E-state index is 12.8. The number of carbonyl (C=O) groups excluding carboxylic acids is 1. The number of aromatic nitrogens is 2. The van der Waals surface area contributed by atoms with Crippen LogP contribution in [-0.2, 0) is 18.4 Å². The van der Waals surface area contributed by atoms with Crippen molar-refractivity contribution in [3.8, 4) is 0 Å². The predicted molar refractivity (Wildman–Crippen MR) is 100 cm³/mol. The summed E-state index contributed by atoms with van der Waals surface area (Å²) in [7, 11) is 1.89. The van der Waals surface area contributed by atoms with Crippen molar-refractivity contribution in [1.29, 1.82) is 0 Å². The van der Waals surface area contributed by atoms with Crippen LogP contribution in [0.25, 0.3) is 0 Å². The van der Waals surface area contributed by atoms with Crippen molar-refractivity contribution in [2.45, 2.75) is 33.2 Å². The molecule has 1 aliphatic heterocycles. The SMILES string of the molecule is CC(C)c1nn(C)cc1NC(=O)[C@@H]1CN(Cc2ccccc2)C[C@H]1C. The van der Waals surface area contributed by atoms with Crippen LogP contribution in [0.5, 0.6) is 0 Å². The molecule has 25 heavy (non-hydrogen) atoms. The standard InChI is InChI=1S/C20H28N4O/c1-14(2)19-18(13-23(4)22-19)21-20(25)17-12-24(10-15(17)3)11-16-8-6-5-7-9-16/h5-9,13-15,17H,10-12H2,1-4H3,(H,21,25)/t15-,17-/m1/s1. The van der Waals surface area contributed by atoms with Crippen molar-refractivity contribution < 1.29 is 4.79 Å². The molecule has 2 aromatic rings. The molecule has 1 saturated heterocycles. The van der Waals surface area contributed by atoms with Gasteiger partial charge in [0.15, 0.2) is 0 Å². The predicted octanol–water partition coefficient (Wildman–Crippen LogP) is 3.25. The van der Waals surface area contributed by atoms with Gasteiger partial charge in [-0.15, -0.1) is 0 Å². The number of hydrogen-bond acceptors (Lipinski definition) is 3. The summed E-state index contributed by atoms with van der Waals surface area (Å²) in [5.41, 5.74) is 3.09. The van der Waals surface area contributed by atoms with Gasteiger partial charge in [-0.3, -0.25) is 14.4 Å². The van der Waals surface area contributed by atoms with Crippen LogP contribution in [0.2, 0.25) is 0 Å². The molecule has 1 fully saturated rings. The lowest BCUT2D eigenvalue weighted by atomic mass is 9.97. The van der Waals surface area contributed by atoms with E-state index < -0.39 is 0 Å². The molecule has 0 bridgehead atoms. The van der Waals surface area contributed by atoms with Crippen molar-refractivity contribution in [2.24, 2.45) is 18.9 Å². The normalized spacial score (nSPS) is 21.0. The number of anilines is 1. The first-order valence-corrected chi connectivity index (χ1v) is 9.04. The Kier molecular flexibility index (Phi) is 5.23. The fraction of sp³-hybridized carbons (Fsp3) is 0.500. The van der Waals surface area contributed by atoms with E-state index in [2.05, 4.69) is 60.4 Å². The topological polar surface area (TPSA) is 50.2 Å². The first-order valence-electron chi connectivity index (χ1n) is 9.04. The Labute approximate surface area is 150 Å². The van der Waals surface area contributed by atoms with Gasteiger partial charge in [0.05, 0.1) is 17.3 Å². The second-order valence-electron chi connectivity index (χ2n) is 7.51. The zero-order valence-corrected chi connectivity index (χ0v) is 15.6. The summed E-state index contributed by atoms with van der Waals surface area (Å²) in [4.78, 5) is 15.2. The Morgan fingerprint density at radius 3 is 2.68 bits per heavy atom. The molecular formula is C20H28N4O. The second kappa shape index (κ2) is 7.40. The third kappa shape index (κ3) is 4.10. The Hall–Kier alpha value is -2.14. The molecule has 1 aromatic carbocycles. The molecule has 3 rings (SSSR count). The fourth-order valence-electron chi connectivity index (χ4n) is 3.63. The number of carbonyl (C=O) groups is 1. The number of nitrogens with zero attached hydrogens (tertiary/aromatic N) is 3.